The molecule has 2 N–H and O–H groups in total. The van der Waals surface area contributed by atoms with Crippen molar-refractivity contribution in [3.05, 3.63) is 29.3 Å². The van der Waals surface area contributed by atoms with Crippen LogP contribution >= 0.6 is 0 Å². The second kappa shape index (κ2) is 8.37. The Labute approximate surface area is 157 Å². The summed E-state index contributed by atoms with van der Waals surface area (Å²) in [5.41, 5.74) is -0.743. The second-order valence-corrected chi connectivity index (χ2v) is 8.88. The van der Waals surface area contributed by atoms with E-state index in [2.05, 4.69) is 15.6 Å². The zero-order valence-electron chi connectivity index (χ0n) is 15.4. The van der Waals surface area contributed by atoms with E-state index in [4.69, 9.17) is 4.74 Å². The van der Waals surface area contributed by atoms with E-state index in [1.54, 1.807) is 13.8 Å². The highest BCUT2D eigenvalue weighted by molar-refractivity contribution is 7.91. The molecular weight excluding hydrogens is 383 g/mol. The summed E-state index contributed by atoms with van der Waals surface area (Å²) in [6, 6.07) is 3.54. The van der Waals surface area contributed by atoms with Crippen LogP contribution < -0.4 is 15.4 Å². The van der Waals surface area contributed by atoms with E-state index in [1.807, 2.05) is 0 Å². The van der Waals surface area contributed by atoms with Gasteiger partial charge in [0.1, 0.15) is 5.75 Å². The van der Waals surface area contributed by atoms with Crippen molar-refractivity contribution in [2.45, 2.75) is 45.1 Å². The Morgan fingerprint density at radius 2 is 2.07 bits per heavy atom. The van der Waals surface area contributed by atoms with Gasteiger partial charge in [0.15, 0.2) is 15.8 Å². The molecule has 152 valence electrons. The molecular formula is C17H24F3N3O3S. The zero-order valence-corrected chi connectivity index (χ0v) is 16.2. The van der Waals surface area contributed by atoms with Gasteiger partial charge in [-0.05, 0) is 38.0 Å². The van der Waals surface area contributed by atoms with E-state index in [0.717, 1.165) is 6.07 Å². The molecule has 0 aliphatic carbocycles. The fourth-order valence-electron chi connectivity index (χ4n) is 2.79. The third-order valence-electron chi connectivity index (χ3n) is 4.00. The van der Waals surface area contributed by atoms with Crippen LogP contribution in [0.25, 0.3) is 0 Å². The lowest BCUT2D eigenvalue weighted by atomic mass is 10.1. The van der Waals surface area contributed by atoms with Gasteiger partial charge in [-0.3, -0.25) is 4.99 Å². The molecule has 6 nitrogen and oxygen atoms in total. The minimum atomic E-state index is -4.52. The Morgan fingerprint density at radius 3 is 2.59 bits per heavy atom. The molecule has 1 aliphatic heterocycles. The number of benzene rings is 1. The predicted octanol–water partition coefficient (Wildman–Crippen LogP) is 2.34. The topological polar surface area (TPSA) is 79.8 Å². The van der Waals surface area contributed by atoms with Crippen molar-refractivity contribution in [1.82, 2.24) is 10.6 Å². The molecule has 27 heavy (non-hydrogen) atoms. The molecule has 0 bridgehead atoms. The number of sulfone groups is 1. The largest absolute Gasteiger partial charge is 0.491 e. The van der Waals surface area contributed by atoms with Gasteiger partial charge in [-0.1, -0.05) is 6.07 Å². The summed E-state index contributed by atoms with van der Waals surface area (Å²) in [5, 5.41) is 5.76. The van der Waals surface area contributed by atoms with Gasteiger partial charge in [0.2, 0.25) is 0 Å². The van der Waals surface area contributed by atoms with Crippen molar-refractivity contribution in [1.29, 1.82) is 0 Å². The van der Waals surface area contributed by atoms with Crippen LogP contribution in [0, 0.1) is 0 Å². The molecule has 2 rings (SSSR count). The quantitative estimate of drug-likeness (QED) is 0.579. The van der Waals surface area contributed by atoms with Crippen molar-refractivity contribution in [2.75, 3.05) is 18.6 Å². The van der Waals surface area contributed by atoms with E-state index in [9.17, 15) is 21.6 Å². The summed E-state index contributed by atoms with van der Waals surface area (Å²) in [6.45, 7) is 3.36. The SMILES string of the molecule is CN=C(NCc1ccc(OC(C)C)cc1C(F)(F)F)NC1CCS(=O)(=O)C1. The maximum absolute atomic E-state index is 13.4. The molecule has 10 heteroatoms. The zero-order chi connectivity index (χ0) is 20.2. The van der Waals surface area contributed by atoms with Crippen molar-refractivity contribution >= 4 is 15.8 Å². The van der Waals surface area contributed by atoms with Gasteiger partial charge in [0.25, 0.3) is 0 Å². The Balaban J connectivity index is 2.09. The number of halogens is 3. The van der Waals surface area contributed by atoms with Gasteiger partial charge in [-0.15, -0.1) is 0 Å². The standard InChI is InChI=1S/C17H24F3N3O3S/c1-11(2)26-14-5-4-12(15(8-14)17(18,19)20)9-22-16(21-3)23-13-6-7-27(24,25)10-13/h4-5,8,11,13H,6-7,9-10H2,1-3H3,(H2,21,22,23). The third-order valence-corrected chi connectivity index (χ3v) is 5.77. The molecule has 0 spiro atoms. The smallest absolute Gasteiger partial charge is 0.416 e. The van der Waals surface area contributed by atoms with Crippen LogP contribution in [0.1, 0.15) is 31.4 Å². The number of nitrogens with one attached hydrogen (secondary N) is 2. The van der Waals surface area contributed by atoms with E-state index in [1.165, 1.54) is 19.2 Å². The van der Waals surface area contributed by atoms with Gasteiger partial charge in [0, 0.05) is 19.6 Å². The van der Waals surface area contributed by atoms with Crippen molar-refractivity contribution in [3.63, 3.8) is 0 Å². The lowest BCUT2D eigenvalue weighted by Gasteiger charge is -2.19. The monoisotopic (exact) mass is 407 g/mol. The molecule has 1 saturated heterocycles. The molecule has 1 fully saturated rings. The van der Waals surface area contributed by atoms with Crippen LogP contribution in [0.2, 0.25) is 0 Å². The minimum Gasteiger partial charge on any atom is -0.491 e. The Morgan fingerprint density at radius 1 is 1.37 bits per heavy atom. The highest BCUT2D eigenvalue weighted by Gasteiger charge is 2.34. The maximum Gasteiger partial charge on any atom is 0.416 e. The molecule has 1 aliphatic rings. The normalized spacial score (nSPS) is 20.0. The van der Waals surface area contributed by atoms with E-state index < -0.39 is 21.6 Å². The van der Waals surface area contributed by atoms with Crippen LogP contribution in [-0.2, 0) is 22.6 Å². The Bertz CT molecular complexity index is 792. The molecule has 1 aromatic rings. The van der Waals surface area contributed by atoms with Crippen LogP contribution in [0.3, 0.4) is 0 Å². The number of hydrogen-bond acceptors (Lipinski definition) is 4. The average molecular weight is 407 g/mol. The van der Waals surface area contributed by atoms with Gasteiger partial charge >= 0.3 is 6.18 Å². The molecule has 0 amide bonds. The lowest BCUT2D eigenvalue weighted by molar-refractivity contribution is -0.138. The van der Waals surface area contributed by atoms with Crippen molar-refractivity contribution < 1.29 is 26.3 Å². The number of rotatable bonds is 5. The average Bonchev–Trinajstić information content (AvgIpc) is 2.89. The number of ether oxygens (including phenoxy) is 1. The first-order valence-corrected chi connectivity index (χ1v) is 10.4. The molecule has 1 unspecified atom stereocenters. The fraction of sp³-hybridized carbons (Fsp3) is 0.588. The molecule has 1 aromatic carbocycles. The highest BCUT2D eigenvalue weighted by Crippen LogP contribution is 2.34. The van der Waals surface area contributed by atoms with E-state index in [-0.39, 0.29) is 47.5 Å². The maximum atomic E-state index is 13.4. The Hall–Kier alpha value is -1.97. The summed E-state index contributed by atoms with van der Waals surface area (Å²) >= 11 is 0. The number of guanidine groups is 1. The van der Waals surface area contributed by atoms with E-state index in [0.29, 0.717) is 6.42 Å². The summed E-state index contributed by atoms with van der Waals surface area (Å²) < 4.78 is 68.5. The molecule has 0 saturated carbocycles. The van der Waals surface area contributed by atoms with Crippen LogP contribution in [0.4, 0.5) is 13.2 Å². The first-order valence-electron chi connectivity index (χ1n) is 8.54. The van der Waals surface area contributed by atoms with Gasteiger partial charge in [0.05, 0.1) is 23.2 Å². The summed E-state index contributed by atoms with van der Waals surface area (Å²) in [5.74, 6) is 0.493. The van der Waals surface area contributed by atoms with Gasteiger partial charge in [-0.2, -0.15) is 13.2 Å². The van der Waals surface area contributed by atoms with E-state index >= 15 is 0 Å². The lowest BCUT2D eigenvalue weighted by Crippen LogP contribution is -2.43. The molecule has 0 aromatic heterocycles. The summed E-state index contributed by atoms with van der Waals surface area (Å²) in [4.78, 5) is 3.96. The van der Waals surface area contributed by atoms with Crippen molar-refractivity contribution in [2.24, 2.45) is 4.99 Å². The predicted molar refractivity (Wildman–Crippen MR) is 97.6 cm³/mol. The molecule has 0 radical (unpaired) electrons. The van der Waals surface area contributed by atoms with Crippen LogP contribution in [-0.4, -0.2) is 45.1 Å². The van der Waals surface area contributed by atoms with Crippen molar-refractivity contribution in [3.8, 4) is 5.75 Å². The fourth-order valence-corrected chi connectivity index (χ4v) is 4.47. The number of nitrogens with zero attached hydrogens (tertiary/aromatic N) is 1. The number of alkyl halides is 3. The van der Waals surface area contributed by atoms with Crippen LogP contribution in [0.15, 0.2) is 23.2 Å². The Kier molecular flexibility index (Phi) is 6.61. The first kappa shape index (κ1) is 21.3. The second-order valence-electron chi connectivity index (χ2n) is 6.65. The summed E-state index contributed by atoms with van der Waals surface area (Å²) in [7, 11) is -1.59. The number of hydrogen-bond donors (Lipinski definition) is 2. The first-order chi connectivity index (χ1) is 12.5. The van der Waals surface area contributed by atoms with Gasteiger partial charge < -0.3 is 15.4 Å². The number of aliphatic imine (C=N–C) groups is 1. The molecule has 1 heterocycles. The summed E-state index contributed by atoms with van der Waals surface area (Å²) in [6.07, 6.45) is -4.32. The van der Waals surface area contributed by atoms with Gasteiger partial charge in [-0.25, -0.2) is 8.42 Å². The molecule has 1 atom stereocenters. The minimum absolute atomic E-state index is 0.0112. The highest BCUT2D eigenvalue weighted by atomic mass is 32.2. The third kappa shape index (κ3) is 6.30. The van der Waals surface area contributed by atoms with Crippen LogP contribution in [0.5, 0.6) is 5.75 Å².